The first kappa shape index (κ1) is 16.5. The van der Waals surface area contributed by atoms with Crippen molar-refractivity contribution in [2.24, 2.45) is 11.7 Å². The molecule has 0 saturated carbocycles. The highest BCUT2D eigenvalue weighted by Crippen LogP contribution is 2.19. The first-order chi connectivity index (χ1) is 9.49. The normalized spacial score (nSPS) is 13.7. The fourth-order valence-electron chi connectivity index (χ4n) is 1.98. The third kappa shape index (κ3) is 4.53. The Bertz CT molecular complexity index is 446. The third-order valence-electron chi connectivity index (χ3n) is 3.75. The average Bonchev–Trinajstić information content (AvgIpc) is 2.47. The van der Waals surface area contributed by atoms with Gasteiger partial charge in [0.05, 0.1) is 13.2 Å². The smallest absolute Gasteiger partial charge is 0.237 e. The van der Waals surface area contributed by atoms with Gasteiger partial charge in [-0.15, -0.1) is 0 Å². The summed E-state index contributed by atoms with van der Waals surface area (Å²) in [7, 11) is 1.67. The van der Waals surface area contributed by atoms with E-state index < -0.39 is 6.04 Å². The number of aryl methyl sites for hydroxylation is 1. The summed E-state index contributed by atoms with van der Waals surface area (Å²) < 4.78 is 5.29. The maximum atomic E-state index is 11.9. The van der Waals surface area contributed by atoms with Gasteiger partial charge < -0.3 is 15.8 Å². The van der Waals surface area contributed by atoms with Gasteiger partial charge in [-0.25, -0.2) is 0 Å². The molecule has 0 bridgehead atoms. The van der Waals surface area contributed by atoms with Crippen LogP contribution in [0.25, 0.3) is 0 Å². The van der Waals surface area contributed by atoms with Gasteiger partial charge in [0, 0.05) is 6.54 Å². The fraction of sp³-hybridized carbons (Fsp3) is 0.562. The first-order valence-electron chi connectivity index (χ1n) is 7.16. The van der Waals surface area contributed by atoms with Crippen molar-refractivity contribution >= 4 is 5.91 Å². The number of nitrogens with one attached hydrogen (secondary N) is 1. The summed E-state index contributed by atoms with van der Waals surface area (Å²) in [5, 5.41) is 2.89. The Morgan fingerprint density at radius 2 is 2.15 bits per heavy atom. The summed E-state index contributed by atoms with van der Waals surface area (Å²) in [5.74, 6) is 1.01. The minimum atomic E-state index is -0.424. The molecular formula is C16H26N2O2. The SMILES string of the molecule is CCC(C)C(N)C(=O)NCCc1ccc(C)c(OC)c1. The molecule has 0 radical (unpaired) electrons. The van der Waals surface area contributed by atoms with Gasteiger partial charge in [-0.2, -0.15) is 0 Å². The quantitative estimate of drug-likeness (QED) is 0.802. The predicted molar refractivity (Wildman–Crippen MR) is 81.9 cm³/mol. The Morgan fingerprint density at radius 1 is 1.45 bits per heavy atom. The summed E-state index contributed by atoms with van der Waals surface area (Å²) >= 11 is 0. The van der Waals surface area contributed by atoms with Gasteiger partial charge in [0.2, 0.25) is 5.91 Å². The molecule has 0 aliphatic rings. The summed E-state index contributed by atoms with van der Waals surface area (Å²) in [6.07, 6.45) is 1.68. The van der Waals surface area contributed by atoms with E-state index in [9.17, 15) is 4.79 Å². The molecule has 2 atom stereocenters. The zero-order valence-corrected chi connectivity index (χ0v) is 12.9. The lowest BCUT2D eigenvalue weighted by atomic mass is 9.99. The Balaban J connectivity index is 2.46. The second-order valence-corrected chi connectivity index (χ2v) is 5.26. The van der Waals surface area contributed by atoms with Crippen LogP contribution in [0.4, 0.5) is 0 Å². The summed E-state index contributed by atoms with van der Waals surface area (Å²) in [5.41, 5.74) is 8.14. The van der Waals surface area contributed by atoms with Crippen LogP contribution in [0.15, 0.2) is 18.2 Å². The number of nitrogens with two attached hydrogens (primary N) is 1. The Kier molecular flexibility index (Phi) is 6.52. The van der Waals surface area contributed by atoms with E-state index in [2.05, 4.69) is 11.4 Å². The highest BCUT2D eigenvalue weighted by atomic mass is 16.5. The zero-order valence-electron chi connectivity index (χ0n) is 12.9. The lowest BCUT2D eigenvalue weighted by Crippen LogP contribution is -2.45. The van der Waals surface area contributed by atoms with E-state index >= 15 is 0 Å². The number of rotatable bonds is 7. The number of carbonyl (C=O) groups excluding carboxylic acids is 1. The van der Waals surface area contributed by atoms with Crippen LogP contribution in [0.2, 0.25) is 0 Å². The van der Waals surface area contributed by atoms with Crippen LogP contribution < -0.4 is 15.8 Å². The number of hydrogen-bond donors (Lipinski definition) is 2. The van der Waals surface area contributed by atoms with Crippen LogP contribution in [0.5, 0.6) is 5.75 Å². The Labute approximate surface area is 121 Å². The van der Waals surface area contributed by atoms with Gasteiger partial charge in [0.25, 0.3) is 0 Å². The minimum absolute atomic E-state index is 0.0709. The van der Waals surface area contributed by atoms with E-state index in [1.807, 2.05) is 32.9 Å². The number of benzene rings is 1. The maximum absolute atomic E-state index is 11.9. The van der Waals surface area contributed by atoms with E-state index in [4.69, 9.17) is 10.5 Å². The molecule has 1 aromatic rings. The van der Waals surface area contributed by atoms with Crippen LogP contribution in [-0.4, -0.2) is 25.6 Å². The highest BCUT2D eigenvalue weighted by molar-refractivity contribution is 5.81. The molecule has 1 aromatic carbocycles. The van der Waals surface area contributed by atoms with E-state index in [-0.39, 0.29) is 11.8 Å². The van der Waals surface area contributed by atoms with Gasteiger partial charge in [-0.05, 0) is 36.5 Å². The Morgan fingerprint density at radius 3 is 2.75 bits per heavy atom. The van der Waals surface area contributed by atoms with Crippen LogP contribution >= 0.6 is 0 Å². The van der Waals surface area contributed by atoms with Crippen molar-refractivity contribution in [3.8, 4) is 5.75 Å². The number of hydrogen-bond acceptors (Lipinski definition) is 3. The summed E-state index contributed by atoms with van der Waals surface area (Å²) in [6, 6.07) is 5.67. The second kappa shape index (κ2) is 7.90. The van der Waals surface area contributed by atoms with Gasteiger partial charge >= 0.3 is 0 Å². The predicted octanol–water partition coefficient (Wildman–Crippen LogP) is 2.04. The first-order valence-corrected chi connectivity index (χ1v) is 7.16. The monoisotopic (exact) mass is 278 g/mol. The van der Waals surface area contributed by atoms with E-state index in [0.29, 0.717) is 6.54 Å². The van der Waals surface area contributed by atoms with Crippen molar-refractivity contribution in [2.75, 3.05) is 13.7 Å². The lowest BCUT2D eigenvalue weighted by Gasteiger charge is -2.17. The van der Waals surface area contributed by atoms with Crippen molar-refractivity contribution < 1.29 is 9.53 Å². The maximum Gasteiger partial charge on any atom is 0.237 e. The molecule has 0 aliphatic heterocycles. The largest absolute Gasteiger partial charge is 0.496 e. The molecule has 1 amide bonds. The van der Waals surface area contributed by atoms with Crippen LogP contribution in [-0.2, 0) is 11.2 Å². The molecule has 4 nitrogen and oxygen atoms in total. The van der Waals surface area contributed by atoms with E-state index in [0.717, 1.165) is 29.7 Å². The molecule has 0 spiro atoms. The second-order valence-electron chi connectivity index (χ2n) is 5.26. The van der Waals surface area contributed by atoms with E-state index in [1.54, 1.807) is 7.11 Å². The van der Waals surface area contributed by atoms with Gasteiger partial charge in [0.1, 0.15) is 5.75 Å². The third-order valence-corrected chi connectivity index (χ3v) is 3.75. The number of ether oxygens (including phenoxy) is 1. The molecule has 1 rings (SSSR count). The molecular weight excluding hydrogens is 252 g/mol. The molecule has 20 heavy (non-hydrogen) atoms. The fourth-order valence-corrected chi connectivity index (χ4v) is 1.98. The van der Waals surface area contributed by atoms with Crippen molar-refractivity contribution in [3.63, 3.8) is 0 Å². The lowest BCUT2D eigenvalue weighted by molar-refractivity contribution is -0.123. The molecule has 0 heterocycles. The molecule has 0 aliphatic carbocycles. The van der Waals surface area contributed by atoms with Crippen molar-refractivity contribution in [2.45, 2.75) is 39.7 Å². The van der Waals surface area contributed by atoms with Crippen LogP contribution in [0.3, 0.4) is 0 Å². The molecule has 0 aromatic heterocycles. The van der Waals surface area contributed by atoms with Gasteiger partial charge in [-0.1, -0.05) is 32.4 Å². The van der Waals surface area contributed by atoms with Gasteiger partial charge in [-0.3, -0.25) is 4.79 Å². The minimum Gasteiger partial charge on any atom is -0.496 e. The zero-order chi connectivity index (χ0) is 15.1. The highest BCUT2D eigenvalue weighted by Gasteiger charge is 2.18. The molecule has 0 saturated heterocycles. The number of methoxy groups -OCH3 is 1. The van der Waals surface area contributed by atoms with Crippen LogP contribution in [0.1, 0.15) is 31.4 Å². The molecule has 2 unspecified atom stereocenters. The van der Waals surface area contributed by atoms with Gasteiger partial charge in [0.15, 0.2) is 0 Å². The summed E-state index contributed by atoms with van der Waals surface area (Å²) in [4.78, 5) is 11.9. The van der Waals surface area contributed by atoms with Crippen molar-refractivity contribution in [1.29, 1.82) is 0 Å². The topological polar surface area (TPSA) is 64.4 Å². The number of carbonyl (C=O) groups is 1. The van der Waals surface area contributed by atoms with Crippen LogP contribution in [0, 0.1) is 12.8 Å². The van der Waals surface area contributed by atoms with Crippen molar-refractivity contribution in [3.05, 3.63) is 29.3 Å². The molecule has 112 valence electrons. The molecule has 3 N–H and O–H groups in total. The number of amides is 1. The van der Waals surface area contributed by atoms with Crippen molar-refractivity contribution in [1.82, 2.24) is 5.32 Å². The molecule has 0 fully saturated rings. The van der Waals surface area contributed by atoms with E-state index in [1.165, 1.54) is 0 Å². The summed E-state index contributed by atoms with van der Waals surface area (Å²) in [6.45, 7) is 6.64. The standard InChI is InChI=1S/C16H26N2O2/c1-5-11(2)15(17)16(19)18-9-8-13-7-6-12(3)14(10-13)20-4/h6-7,10-11,15H,5,8-9,17H2,1-4H3,(H,18,19). The molecule has 4 heteroatoms. The average molecular weight is 278 g/mol. The Hall–Kier alpha value is -1.55.